The Labute approximate surface area is 112 Å². The number of hydrogen-bond donors (Lipinski definition) is 1. The summed E-state index contributed by atoms with van der Waals surface area (Å²) >= 11 is 0. The lowest BCUT2D eigenvalue weighted by Gasteiger charge is -2.34. The van der Waals surface area contributed by atoms with Gasteiger partial charge in [-0.1, -0.05) is 0 Å². The van der Waals surface area contributed by atoms with E-state index in [1.807, 2.05) is 0 Å². The van der Waals surface area contributed by atoms with Crippen molar-refractivity contribution in [2.75, 3.05) is 13.2 Å². The molecule has 1 fully saturated rings. The first-order valence-electron chi connectivity index (χ1n) is 6.92. The molecule has 2 heterocycles. The zero-order valence-electron chi connectivity index (χ0n) is 10.7. The van der Waals surface area contributed by atoms with Crippen LogP contribution in [-0.2, 0) is 12.8 Å². The molecule has 0 spiro atoms. The van der Waals surface area contributed by atoms with Crippen molar-refractivity contribution in [2.45, 2.75) is 37.6 Å². The molecule has 98 valence electrons. The lowest BCUT2D eigenvalue weighted by molar-refractivity contribution is 0.318. The topological polar surface area (TPSA) is 68.3 Å². The quantitative estimate of drug-likeness (QED) is 0.829. The number of rotatable bonds is 1. The van der Waals surface area contributed by atoms with Gasteiger partial charge in [0.1, 0.15) is 23.1 Å². The molecule has 4 nitrogen and oxygen atoms in total. The van der Waals surface area contributed by atoms with Crippen LogP contribution in [0.25, 0.3) is 0 Å². The van der Waals surface area contributed by atoms with Crippen LogP contribution >= 0.6 is 0 Å². The van der Waals surface area contributed by atoms with Gasteiger partial charge in [-0.3, -0.25) is 0 Å². The first kappa shape index (κ1) is 11.1. The fourth-order valence-electron chi connectivity index (χ4n) is 3.59. The van der Waals surface area contributed by atoms with Crippen LogP contribution in [0.15, 0.2) is 0 Å². The van der Waals surface area contributed by atoms with Crippen LogP contribution in [0.2, 0.25) is 0 Å². The number of benzene rings is 1. The summed E-state index contributed by atoms with van der Waals surface area (Å²) in [7, 11) is 0. The van der Waals surface area contributed by atoms with Crippen molar-refractivity contribution in [1.29, 1.82) is 5.26 Å². The average molecular weight is 256 g/mol. The fraction of sp³-hybridized carbons (Fsp3) is 0.533. The van der Waals surface area contributed by atoms with E-state index in [-0.39, 0.29) is 0 Å². The number of nitrogens with two attached hydrogens (primary N) is 1. The number of ether oxygens (including phenoxy) is 2. The van der Waals surface area contributed by atoms with Crippen molar-refractivity contribution in [1.82, 2.24) is 0 Å². The molecule has 2 N–H and O–H groups in total. The number of hydrogen-bond acceptors (Lipinski definition) is 4. The van der Waals surface area contributed by atoms with Gasteiger partial charge in [-0.25, -0.2) is 0 Å². The summed E-state index contributed by atoms with van der Waals surface area (Å²) in [4.78, 5) is 0. The second-order valence-electron chi connectivity index (χ2n) is 5.64. The molecule has 0 radical (unpaired) electrons. The van der Waals surface area contributed by atoms with Crippen LogP contribution in [0.5, 0.6) is 11.5 Å². The summed E-state index contributed by atoms with van der Waals surface area (Å²) in [6.45, 7) is 1.36. The molecule has 19 heavy (non-hydrogen) atoms. The molecule has 4 heteroatoms. The highest BCUT2D eigenvalue weighted by molar-refractivity contribution is 5.66. The Balaban J connectivity index is 1.94. The van der Waals surface area contributed by atoms with Crippen molar-refractivity contribution < 1.29 is 9.47 Å². The van der Waals surface area contributed by atoms with Gasteiger partial charge in [-0.15, -0.1) is 0 Å². The van der Waals surface area contributed by atoms with E-state index < -0.39 is 0 Å². The van der Waals surface area contributed by atoms with Crippen LogP contribution in [0.1, 0.15) is 41.0 Å². The maximum atomic E-state index is 9.40. The third-order valence-electron chi connectivity index (χ3n) is 4.54. The van der Waals surface area contributed by atoms with Gasteiger partial charge >= 0.3 is 0 Å². The molecule has 0 amide bonds. The number of nitriles is 1. The Kier molecular flexibility index (Phi) is 2.27. The second kappa shape index (κ2) is 3.88. The Morgan fingerprint density at radius 2 is 1.74 bits per heavy atom. The van der Waals surface area contributed by atoms with Crippen LogP contribution in [0.4, 0.5) is 0 Å². The Hall–Kier alpha value is -1.73. The van der Waals surface area contributed by atoms with Crippen molar-refractivity contribution >= 4 is 0 Å². The summed E-state index contributed by atoms with van der Waals surface area (Å²) < 4.78 is 11.6. The molecule has 0 saturated heterocycles. The molecule has 1 aliphatic carbocycles. The third-order valence-corrected chi connectivity index (χ3v) is 4.54. The summed E-state index contributed by atoms with van der Waals surface area (Å²) in [6, 6.07) is 2.62. The Morgan fingerprint density at radius 3 is 2.42 bits per heavy atom. The predicted molar refractivity (Wildman–Crippen MR) is 69.5 cm³/mol. The highest BCUT2D eigenvalue weighted by Crippen LogP contribution is 2.51. The average Bonchev–Trinajstić information content (AvgIpc) is 3.00. The highest BCUT2D eigenvalue weighted by atomic mass is 16.5. The maximum absolute atomic E-state index is 9.40. The summed E-state index contributed by atoms with van der Waals surface area (Å²) in [5.41, 5.74) is 10.2. The van der Waals surface area contributed by atoms with E-state index in [2.05, 4.69) is 6.07 Å². The SMILES string of the molecule is N#Cc1c2c(c(C3CC(N)C3)c3c1OCC3)OCC2. The van der Waals surface area contributed by atoms with E-state index in [9.17, 15) is 5.26 Å². The van der Waals surface area contributed by atoms with E-state index in [4.69, 9.17) is 15.2 Å². The molecular formula is C15H16N2O2. The van der Waals surface area contributed by atoms with Crippen molar-refractivity contribution in [3.63, 3.8) is 0 Å². The lowest BCUT2D eigenvalue weighted by atomic mass is 9.73. The molecule has 1 saturated carbocycles. The van der Waals surface area contributed by atoms with Crippen LogP contribution < -0.4 is 15.2 Å². The first-order chi connectivity index (χ1) is 9.29. The molecule has 1 aromatic carbocycles. The van der Waals surface area contributed by atoms with E-state index in [0.29, 0.717) is 30.7 Å². The molecule has 4 rings (SSSR count). The lowest BCUT2D eigenvalue weighted by Crippen LogP contribution is -2.35. The molecule has 0 bridgehead atoms. The van der Waals surface area contributed by atoms with Crippen LogP contribution in [0, 0.1) is 11.3 Å². The zero-order valence-corrected chi connectivity index (χ0v) is 10.7. The fourth-order valence-corrected chi connectivity index (χ4v) is 3.59. The predicted octanol–water partition coefficient (Wildman–Crippen LogP) is 1.63. The van der Waals surface area contributed by atoms with Gasteiger partial charge in [0, 0.05) is 35.6 Å². The van der Waals surface area contributed by atoms with Crippen molar-refractivity contribution in [3.05, 3.63) is 22.3 Å². The second-order valence-corrected chi connectivity index (χ2v) is 5.64. The van der Waals surface area contributed by atoms with E-state index >= 15 is 0 Å². The Morgan fingerprint density at radius 1 is 1.05 bits per heavy atom. The van der Waals surface area contributed by atoms with Gasteiger partial charge in [-0.2, -0.15) is 5.26 Å². The molecule has 0 aromatic heterocycles. The maximum Gasteiger partial charge on any atom is 0.141 e. The van der Waals surface area contributed by atoms with Gasteiger partial charge in [-0.05, 0) is 18.8 Å². The summed E-state index contributed by atoms with van der Waals surface area (Å²) in [5.74, 6) is 2.28. The normalized spacial score (nSPS) is 26.7. The summed E-state index contributed by atoms with van der Waals surface area (Å²) in [6.07, 6.45) is 3.75. The highest BCUT2D eigenvalue weighted by Gasteiger charge is 2.38. The van der Waals surface area contributed by atoms with Gasteiger partial charge in [0.25, 0.3) is 0 Å². The van der Waals surface area contributed by atoms with Gasteiger partial charge < -0.3 is 15.2 Å². The molecule has 3 aliphatic rings. The zero-order chi connectivity index (χ0) is 13.0. The summed E-state index contributed by atoms with van der Waals surface area (Å²) in [5, 5.41) is 9.40. The third kappa shape index (κ3) is 1.42. The van der Waals surface area contributed by atoms with E-state index in [1.54, 1.807) is 0 Å². The number of nitrogens with zero attached hydrogens (tertiary/aromatic N) is 1. The van der Waals surface area contributed by atoms with Crippen LogP contribution in [-0.4, -0.2) is 19.3 Å². The van der Waals surface area contributed by atoms with Crippen molar-refractivity contribution in [3.8, 4) is 17.6 Å². The Bertz CT molecular complexity index is 562. The minimum atomic E-state index is 0.315. The molecule has 0 unspecified atom stereocenters. The smallest absolute Gasteiger partial charge is 0.141 e. The minimum absolute atomic E-state index is 0.315. The standard InChI is InChI=1S/C15H16N2O2/c16-7-12-10-1-3-19-15(10)13(8-5-9(17)6-8)11-2-4-18-14(11)12/h8-9H,1-6,17H2. The largest absolute Gasteiger partial charge is 0.493 e. The molecule has 1 aromatic rings. The minimum Gasteiger partial charge on any atom is -0.493 e. The van der Waals surface area contributed by atoms with Gasteiger partial charge in [0.15, 0.2) is 0 Å². The van der Waals surface area contributed by atoms with Crippen molar-refractivity contribution in [2.24, 2.45) is 5.73 Å². The molecule has 0 atom stereocenters. The monoisotopic (exact) mass is 256 g/mol. The van der Waals surface area contributed by atoms with Gasteiger partial charge in [0.2, 0.25) is 0 Å². The molecule has 2 aliphatic heterocycles. The first-order valence-corrected chi connectivity index (χ1v) is 6.92. The van der Waals surface area contributed by atoms with E-state index in [1.165, 1.54) is 11.1 Å². The van der Waals surface area contributed by atoms with Gasteiger partial charge in [0.05, 0.1) is 13.2 Å². The molecular weight excluding hydrogens is 240 g/mol. The van der Waals surface area contributed by atoms with Crippen LogP contribution in [0.3, 0.4) is 0 Å². The van der Waals surface area contributed by atoms with E-state index in [0.717, 1.165) is 42.7 Å². The number of fused-ring (bicyclic) bond motifs is 2.